The van der Waals surface area contributed by atoms with Crippen LogP contribution in [0.5, 0.6) is 0 Å². The van der Waals surface area contributed by atoms with Crippen molar-refractivity contribution < 1.29 is 14.9 Å². The van der Waals surface area contributed by atoms with E-state index in [0.29, 0.717) is 11.4 Å². The average Bonchev–Trinajstić information content (AvgIpc) is 3.45. The number of ether oxygens (including phenoxy) is 1. The zero-order valence-electron chi connectivity index (χ0n) is 17.1. The highest BCUT2D eigenvalue weighted by Crippen LogP contribution is 2.25. The first-order chi connectivity index (χ1) is 15.7. The van der Waals surface area contributed by atoms with Gasteiger partial charge in [0.2, 0.25) is 5.78 Å². The molecule has 0 atom stereocenters. The second-order valence-corrected chi connectivity index (χ2v) is 7.36. The molecule has 162 valence electrons. The zero-order valence-corrected chi connectivity index (χ0v) is 17.1. The third-order valence-electron chi connectivity index (χ3n) is 5.31. The Kier molecular flexibility index (Phi) is 5.28. The van der Waals surface area contributed by atoms with Gasteiger partial charge < -0.3 is 19.9 Å². The molecule has 3 aromatic heterocycles. The van der Waals surface area contributed by atoms with E-state index in [1.165, 1.54) is 10.7 Å². The van der Waals surface area contributed by atoms with E-state index in [-0.39, 0.29) is 37.6 Å². The Morgan fingerprint density at radius 3 is 2.34 bits per heavy atom. The summed E-state index contributed by atoms with van der Waals surface area (Å²) in [4.78, 5) is 24.8. The molecule has 0 spiro atoms. The minimum atomic E-state index is -0.269. The number of fused-ring (bicyclic) bond motifs is 2. The summed E-state index contributed by atoms with van der Waals surface area (Å²) in [7, 11) is 0. The first-order valence-electron chi connectivity index (χ1n) is 10.1. The maximum Gasteiger partial charge on any atom is 0.287 e. The number of hydrogen-bond acceptors (Lipinski definition) is 6. The van der Waals surface area contributed by atoms with Crippen LogP contribution >= 0.6 is 0 Å². The van der Waals surface area contributed by atoms with Gasteiger partial charge >= 0.3 is 0 Å². The smallest absolute Gasteiger partial charge is 0.287 e. The lowest BCUT2D eigenvalue weighted by Crippen LogP contribution is -2.14. The molecule has 0 aliphatic carbocycles. The summed E-state index contributed by atoms with van der Waals surface area (Å²) < 4.78 is 8.40. The molecule has 0 aliphatic heterocycles. The molecular formula is C23H21N5O4. The summed E-state index contributed by atoms with van der Waals surface area (Å²) in [5.41, 5.74) is 5.05. The maximum absolute atomic E-state index is 12.9. The largest absolute Gasteiger partial charge is 0.394 e. The molecule has 5 aromatic rings. The molecule has 0 aliphatic rings. The molecule has 0 radical (unpaired) electrons. The number of aromatic amines is 1. The van der Waals surface area contributed by atoms with Crippen LogP contribution in [-0.2, 0) is 18.1 Å². The predicted octanol–water partition coefficient (Wildman–Crippen LogP) is 2.17. The molecule has 0 bridgehead atoms. The number of nitrogens with zero attached hydrogens (tertiary/aromatic N) is 4. The van der Waals surface area contributed by atoms with Gasteiger partial charge in [0, 0.05) is 6.20 Å². The van der Waals surface area contributed by atoms with Crippen molar-refractivity contribution in [2.24, 2.45) is 0 Å². The van der Waals surface area contributed by atoms with Crippen LogP contribution < -0.4 is 5.56 Å². The van der Waals surface area contributed by atoms with Gasteiger partial charge in [-0.2, -0.15) is 4.98 Å². The van der Waals surface area contributed by atoms with E-state index < -0.39 is 0 Å². The average molecular weight is 431 g/mol. The third kappa shape index (κ3) is 3.58. The van der Waals surface area contributed by atoms with Gasteiger partial charge in [-0.25, -0.2) is 9.38 Å². The van der Waals surface area contributed by atoms with Crippen LogP contribution in [0.1, 0.15) is 5.56 Å². The fourth-order valence-electron chi connectivity index (χ4n) is 3.61. The van der Waals surface area contributed by atoms with Crippen LogP contribution in [0.2, 0.25) is 0 Å². The quantitative estimate of drug-likeness (QED) is 0.340. The van der Waals surface area contributed by atoms with Crippen molar-refractivity contribution in [2.45, 2.75) is 13.3 Å². The van der Waals surface area contributed by atoms with Gasteiger partial charge in [0.25, 0.3) is 5.56 Å². The SMILES string of the molecule is O=c1c2ncn(COCCO)c2nc2[nH]c(-c3ccc(-c4ccc(CO)cc4)cc3)cn12. The predicted molar refractivity (Wildman–Crippen MR) is 119 cm³/mol. The summed E-state index contributed by atoms with van der Waals surface area (Å²) in [5, 5.41) is 18.1. The Labute approximate surface area is 182 Å². The number of imidazole rings is 2. The normalized spacial score (nSPS) is 11.6. The van der Waals surface area contributed by atoms with Crippen molar-refractivity contribution in [3.8, 4) is 22.4 Å². The summed E-state index contributed by atoms with van der Waals surface area (Å²) in [6, 6.07) is 15.7. The molecule has 5 rings (SSSR count). The van der Waals surface area contributed by atoms with Gasteiger partial charge in [-0.3, -0.25) is 9.36 Å². The molecule has 0 unspecified atom stereocenters. The lowest BCUT2D eigenvalue weighted by Gasteiger charge is -2.04. The van der Waals surface area contributed by atoms with Crippen LogP contribution in [0.3, 0.4) is 0 Å². The molecule has 3 heterocycles. The lowest BCUT2D eigenvalue weighted by atomic mass is 10.0. The molecule has 0 saturated heterocycles. The van der Waals surface area contributed by atoms with Gasteiger partial charge in [0.05, 0.1) is 31.8 Å². The van der Waals surface area contributed by atoms with Crippen molar-refractivity contribution >= 4 is 16.9 Å². The van der Waals surface area contributed by atoms with E-state index in [1.54, 1.807) is 10.8 Å². The highest BCUT2D eigenvalue weighted by atomic mass is 16.5. The van der Waals surface area contributed by atoms with E-state index in [9.17, 15) is 9.90 Å². The molecule has 32 heavy (non-hydrogen) atoms. The Balaban J connectivity index is 1.48. The molecule has 0 saturated carbocycles. The number of aromatic nitrogens is 5. The fraction of sp³-hybridized carbons (Fsp3) is 0.174. The van der Waals surface area contributed by atoms with Crippen molar-refractivity contribution in [2.75, 3.05) is 13.2 Å². The number of aliphatic hydroxyl groups is 2. The monoisotopic (exact) mass is 431 g/mol. The van der Waals surface area contributed by atoms with Crippen LogP contribution in [0.4, 0.5) is 0 Å². The topological polar surface area (TPSA) is 118 Å². The maximum atomic E-state index is 12.9. The van der Waals surface area contributed by atoms with E-state index in [4.69, 9.17) is 9.84 Å². The summed E-state index contributed by atoms with van der Waals surface area (Å²) >= 11 is 0. The standard InChI is InChI=1S/C23H21N5O4/c29-9-10-32-14-27-13-24-20-21(27)26-23-25-19(11-28(23)22(20)31)18-7-5-17(6-8-18)16-3-1-15(12-30)2-4-16/h1-8,11,13,29-30H,9-10,12,14H2,(H,25,26). The molecule has 0 fully saturated rings. The first-order valence-corrected chi connectivity index (χ1v) is 10.1. The number of hydrogen-bond donors (Lipinski definition) is 3. The fourth-order valence-corrected chi connectivity index (χ4v) is 3.61. The Morgan fingerprint density at radius 1 is 0.969 bits per heavy atom. The van der Waals surface area contributed by atoms with Crippen molar-refractivity contribution in [1.82, 2.24) is 23.9 Å². The van der Waals surface area contributed by atoms with Crippen LogP contribution in [-0.4, -0.2) is 47.3 Å². The minimum absolute atomic E-state index is 0.0230. The van der Waals surface area contributed by atoms with E-state index in [0.717, 1.165) is 27.9 Å². The van der Waals surface area contributed by atoms with Crippen molar-refractivity contribution in [3.05, 3.63) is 77.0 Å². The Bertz CT molecular complexity index is 1430. The van der Waals surface area contributed by atoms with Gasteiger partial charge in [0.1, 0.15) is 6.73 Å². The number of aliphatic hydroxyl groups excluding tert-OH is 2. The number of rotatable bonds is 7. The second kappa shape index (κ2) is 8.39. The lowest BCUT2D eigenvalue weighted by molar-refractivity contribution is 0.0499. The molecule has 9 heteroatoms. The molecule has 9 nitrogen and oxygen atoms in total. The highest BCUT2D eigenvalue weighted by molar-refractivity contribution is 5.74. The van der Waals surface area contributed by atoms with Gasteiger partial charge in [-0.15, -0.1) is 0 Å². The third-order valence-corrected chi connectivity index (χ3v) is 5.31. The van der Waals surface area contributed by atoms with E-state index in [1.807, 2.05) is 48.5 Å². The molecule has 2 aromatic carbocycles. The molecule has 0 amide bonds. The van der Waals surface area contributed by atoms with Gasteiger partial charge in [-0.05, 0) is 22.3 Å². The van der Waals surface area contributed by atoms with E-state index in [2.05, 4.69) is 15.0 Å². The molecular weight excluding hydrogens is 410 g/mol. The zero-order chi connectivity index (χ0) is 22.1. The number of nitrogens with one attached hydrogen (secondary N) is 1. The number of H-pyrrole nitrogens is 1. The summed E-state index contributed by atoms with van der Waals surface area (Å²) in [5.74, 6) is 0.407. The number of benzene rings is 2. The van der Waals surface area contributed by atoms with Crippen LogP contribution in [0.15, 0.2) is 65.8 Å². The van der Waals surface area contributed by atoms with E-state index >= 15 is 0 Å². The Morgan fingerprint density at radius 2 is 1.66 bits per heavy atom. The van der Waals surface area contributed by atoms with Gasteiger partial charge in [-0.1, -0.05) is 48.5 Å². The van der Waals surface area contributed by atoms with Crippen LogP contribution in [0.25, 0.3) is 39.3 Å². The Hall–Kier alpha value is -3.79. The van der Waals surface area contributed by atoms with Crippen molar-refractivity contribution in [3.63, 3.8) is 0 Å². The second-order valence-electron chi connectivity index (χ2n) is 7.36. The van der Waals surface area contributed by atoms with Crippen LogP contribution in [0, 0.1) is 0 Å². The van der Waals surface area contributed by atoms with Gasteiger partial charge in [0.15, 0.2) is 11.2 Å². The first kappa shape index (κ1) is 20.1. The minimum Gasteiger partial charge on any atom is -0.394 e. The highest BCUT2D eigenvalue weighted by Gasteiger charge is 2.14. The summed E-state index contributed by atoms with van der Waals surface area (Å²) in [6.45, 7) is 0.276. The molecule has 3 N–H and O–H groups in total. The summed E-state index contributed by atoms with van der Waals surface area (Å²) in [6.07, 6.45) is 3.22. The van der Waals surface area contributed by atoms with Crippen molar-refractivity contribution in [1.29, 1.82) is 0 Å².